The van der Waals surface area contributed by atoms with E-state index in [9.17, 15) is 4.79 Å². The zero-order valence-corrected chi connectivity index (χ0v) is 19.3. The third kappa shape index (κ3) is 4.55. The summed E-state index contributed by atoms with van der Waals surface area (Å²) < 4.78 is 0. The third-order valence-corrected chi connectivity index (χ3v) is 5.93. The summed E-state index contributed by atoms with van der Waals surface area (Å²) in [5, 5.41) is 3.62. The molecule has 5 rings (SSSR count). The molecule has 3 heterocycles. The molecule has 2 aromatic heterocycles. The van der Waals surface area contributed by atoms with Gasteiger partial charge in [-0.15, -0.1) is 0 Å². The number of aromatic nitrogens is 4. The fraction of sp³-hybridized carbons (Fsp3) is 0.208. The lowest BCUT2D eigenvalue weighted by atomic mass is 10.1. The van der Waals surface area contributed by atoms with Gasteiger partial charge in [-0.3, -0.25) is 0 Å². The maximum atomic E-state index is 12.7. The lowest BCUT2D eigenvalue weighted by Crippen LogP contribution is -2.50. The number of anilines is 3. The molecule has 9 nitrogen and oxygen atoms in total. The molecule has 0 atom stereocenters. The van der Waals surface area contributed by atoms with Crippen LogP contribution in [-0.2, 0) is 0 Å². The molecule has 0 saturated carbocycles. The monoisotopic (exact) mass is 474 g/mol. The molecule has 172 valence electrons. The van der Waals surface area contributed by atoms with E-state index in [0.29, 0.717) is 53.9 Å². The maximum absolute atomic E-state index is 12.7. The highest BCUT2D eigenvalue weighted by atomic mass is 35.5. The van der Waals surface area contributed by atoms with Crippen LogP contribution in [0.4, 0.5) is 22.2 Å². The molecule has 0 radical (unpaired) electrons. The summed E-state index contributed by atoms with van der Waals surface area (Å²) >= 11 is 6.02. The van der Waals surface area contributed by atoms with Crippen LogP contribution >= 0.6 is 11.6 Å². The van der Waals surface area contributed by atoms with E-state index in [1.54, 1.807) is 11.1 Å². The average Bonchev–Trinajstić information content (AvgIpc) is 2.84. The summed E-state index contributed by atoms with van der Waals surface area (Å²) in [7, 11) is 0. The molecule has 0 bridgehead atoms. The second-order valence-corrected chi connectivity index (χ2v) is 8.55. The Kier molecular flexibility index (Phi) is 5.85. The minimum absolute atomic E-state index is 0.123. The lowest BCUT2D eigenvalue weighted by molar-refractivity contribution is 0.208. The van der Waals surface area contributed by atoms with E-state index in [0.717, 1.165) is 16.8 Å². The number of halogens is 1. The van der Waals surface area contributed by atoms with Gasteiger partial charge in [0.05, 0.1) is 11.9 Å². The van der Waals surface area contributed by atoms with Crippen molar-refractivity contribution in [2.45, 2.75) is 6.92 Å². The zero-order chi connectivity index (χ0) is 23.7. The SMILES string of the molecule is Cc1cccc(NC(=O)N2CCN(c3nc(N)nc4ncc(-c5ccc(Cl)cc5)nc34)CC2)c1. The Morgan fingerprint density at radius 2 is 1.79 bits per heavy atom. The van der Waals surface area contributed by atoms with Gasteiger partial charge >= 0.3 is 6.03 Å². The van der Waals surface area contributed by atoms with Crippen LogP contribution in [-0.4, -0.2) is 57.0 Å². The van der Waals surface area contributed by atoms with Gasteiger partial charge in [-0.1, -0.05) is 35.9 Å². The molecule has 0 unspecified atom stereocenters. The Labute approximate surface area is 201 Å². The second kappa shape index (κ2) is 9.11. The van der Waals surface area contributed by atoms with Gasteiger partial charge in [-0.2, -0.15) is 9.97 Å². The number of nitrogen functional groups attached to an aromatic ring is 1. The first-order chi connectivity index (χ1) is 16.5. The van der Waals surface area contributed by atoms with Crippen molar-refractivity contribution in [3.05, 3.63) is 65.3 Å². The Bertz CT molecular complexity index is 1350. The number of amides is 2. The number of piperazine rings is 1. The number of fused-ring (bicyclic) bond motifs is 1. The number of rotatable bonds is 3. The van der Waals surface area contributed by atoms with E-state index in [1.165, 1.54) is 0 Å². The number of hydrogen-bond donors (Lipinski definition) is 2. The number of nitrogens with two attached hydrogens (primary N) is 1. The van der Waals surface area contributed by atoms with E-state index >= 15 is 0 Å². The predicted molar refractivity (Wildman–Crippen MR) is 134 cm³/mol. The third-order valence-electron chi connectivity index (χ3n) is 5.68. The predicted octanol–water partition coefficient (Wildman–Crippen LogP) is 3.98. The highest BCUT2D eigenvalue weighted by molar-refractivity contribution is 6.30. The van der Waals surface area contributed by atoms with Gasteiger partial charge in [-0.25, -0.2) is 14.8 Å². The molecule has 2 aromatic carbocycles. The first-order valence-electron chi connectivity index (χ1n) is 10.9. The smallest absolute Gasteiger partial charge is 0.321 e. The molecule has 1 aliphatic heterocycles. The van der Waals surface area contributed by atoms with Crippen LogP contribution in [0.3, 0.4) is 0 Å². The fourth-order valence-electron chi connectivity index (χ4n) is 3.94. The first-order valence-corrected chi connectivity index (χ1v) is 11.3. The Morgan fingerprint density at radius 1 is 1.03 bits per heavy atom. The molecule has 1 aliphatic rings. The standard InChI is InChI=1S/C24H23ClN8O/c1-15-3-2-4-18(13-15)28-24(34)33-11-9-32(10-12-33)22-20-21(30-23(26)31-22)27-14-19(29-20)16-5-7-17(25)8-6-16/h2-8,13-14H,9-12H2,1H3,(H,28,34)(H2,26,27,30,31). The van der Waals surface area contributed by atoms with E-state index in [4.69, 9.17) is 22.3 Å². The zero-order valence-electron chi connectivity index (χ0n) is 18.6. The molecule has 1 saturated heterocycles. The normalized spacial score (nSPS) is 13.8. The number of nitrogens with one attached hydrogen (secondary N) is 1. The quantitative estimate of drug-likeness (QED) is 0.461. The molecule has 3 N–H and O–H groups in total. The molecule has 0 aliphatic carbocycles. The number of aryl methyl sites for hydroxylation is 1. The van der Waals surface area contributed by atoms with Crippen molar-refractivity contribution in [2.75, 3.05) is 42.1 Å². The van der Waals surface area contributed by atoms with Crippen LogP contribution in [0.15, 0.2) is 54.7 Å². The molecular formula is C24H23ClN8O. The highest BCUT2D eigenvalue weighted by Crippen LogP contribution is 2.27. The topological polar surface area (TPSA) is 113 Å². The molecule has 4 aromatic rings. The number of nitrogens with zero attached hydrogens (tertiary/aromatic N) is 6. The molecule has 34 heavy (non-hydrogen) atoms. The van der Waals surface area contributed by atoms with E-state index < -0.39 is 0 Å². The van der Waals surface area contributed by atoms with Gasteiger partial charge in [0.1, 0.15) is 0 Å². The van der Waals surface area contributed by atoms with Gasteiger partial charge in [0.15, 0.2) is 17.0 Å². The maximum Gasteiger partial charge on any atom is 0.321 e. The van der Waals surface area contributed by atoms with Crippen LogP contribution in [0.2, 0.25) is 5.02 Å². The van der Waals surface area contributed by atoms with Gasteiger partial charge in [0.25, 0.3) is 0 Å². The minimum atomic E-state index is -0.123. The Balaban J connectivity index is 1.36. The Hall–Kier alpha value is -3.98. The highest BCUT2D eigenvalue weighted by Gasteiger charge is 2.25. The summed E-state index contributed by atoms with van der Waals surface area (Å²) in [5.74, 6) is 0.750. The van der Waals surface area contributed by atoms with Crippen molar-refractivity contribution in [3.63, 3.8) is 0 Å². The number of urea groups is 1. The van der Waals surface area contributed by atoms with Gasteiger partial charge in [-0.05, 0) is 36.8 Å². The summed E-state index contributed by atoms with van der Waals surface area (Å²) in [5.41, 5.74) is 10.4. The number of benzene rings is 2. The first kappa shape index (κ1) is 21.8. The molecular weight excluding hydrogens is 452 g/mol. The largest absolute Gasteiger partial charge is 0.368 e. The molecule has 10 heteroatoms. The van der Waals surface area contributed by atoms with Crippen LogP contribution in [0.25, 0.3) is 22.4 Å². The average molecular weight is 475 g/mol. The minimum Gasteiger partial charge on any atom is -0.368 e. The van der Waals surface area contributed by atoms with Crippen molar-refractivity contribution in [1.82, 2.24) is 24.8 Å². The van der Waals surface area contributed by atoms with E-state index in [1.807, 2.05) is 55.5 Å². The summed E-state index contributed by atoms with van der Waals surface area (Å²) in [4.78, 5) is 34.6. The lowest BCUT2D eigenvalue weighted by Gasteiger charge is -2.35. The van der Waals surface area contributed by atoms with Crippen molar-refractivity contribution in [1.29, 1.82) is 0 Å². The molecule has 1 fully saturated rings. The molecule has 2 amide bonds. The Morgan fingerprint density at radius 3 is 2.53 bits per heavy atom. The number of hydrogen-bond acceptors (Lipinski definition) is 7. The fourth-order valence-corrected chi connectivity index (χ4v) is 4.06. The van der Waals surface area contributed by atoms with Crippen LogP contribution in [0, 0.1) is 6.92 Å². The number of carbonyl (C=O) groups excluding carboxylic acids is 1. The van der Waals surface area contributed by atoms with Crippen LogP contribution < -0.4 is 16.0 Å². The van der Waals surface area contributed by atoms with Crippen molar-refractivity contribution >= 4 is 46.2 Å². The molecule has 0 spiro atoms. The summed E-state index contributed by atoms with van der Waals surface area (Å²) in [6.07, 6.45) is 1.66. The van der Waals surface area contributed by atoms with Gasteiger partial charge in [0, 0.05) is 42.5 Å². The number of carbonyl (C=O) groups is 1. The summed E-state index contributed by atoms with van der Waals surface area (Å²) in [6.45, 7) is 4.23. The van der Waals surface area contributed by atoms with E-state index in [2.05, 4.69) is 25.2 Å². The van der Waals surface area contributed by atoms with Crippen molar-refractivity contribution in [3.8, 4) is 11.3 Å². The van der Waals surface area contributed by atoms with Crippen molar-refractivity contribution < 1.29 is 4.79 Å². The van der Waals surface area contributed by atoms with Crippen LogP contribution in [0.1, 0.15) is 5.56 Å². The van der Waals surface area contributed by atoms with E-state index in [-0.39, 0.29) is 12.0 Å². The summed E-state index contributed by atoms with van der Waals surface area (Å²) in [6, 6.07) is 15.0. The van der Waals surface area contributed by atoms with Gasteiger partial charge in [0.2, 0.25) is 5.95 Å². The van der Waals surface area contributed by atoms with Crippen LogP contribution in [0.5, 0.6) is 0 Å². The van der Waals surface area contributed by atoms with Gasteiger partial charge < -0.3 is 20.9 Å². The second-order valence-electron chi connectivity index (χ2n) is 8.11. The van der Waals surface area contributed by atoms with Crippen molar-refractivity contribution in [2.24, 2.45) is 0 Å².